The average molecular weight is 442 g/mol. The number of hydrogen-bond acceptors (Lipinski definition) is 9. The van der Waals surface area contributed by atoms with Gasteiger partial charge in [-0.1, -0.05) is 17.4 Å². The molecular weight excluding hydrogens is 414 g/mol. The lowest BCUT2D eigenvalue weighted by Gasteiger charge is -2.46. The first-order chi connectivity index (χ1) is 14.5. The molecule has 0 aliphatic carbocycles. The molecule has 10 heteroatoms. The SMILES string of the molecule is Cc1ccc2nc(Nc3ncnc(NC4CC(C)(C)NC(C)(C)C4)c3[N+](=O)[O-])sc2c1. The van der Waals surface area contributed by atoms with E-state index in [2.05, 4.69) is 58.6 Å². The van der Waals surface area contributed by atoms with Gasteiger partial charge in [-0.15, -0.1) is 0 Å². The third-order valence-corrected chi connectivity index (χ3v) is 6.24. The van der Waals surface area contributed by atoms with E-state index >= 15 is 0 Å². The van der Waals surface area contributed by atoms with Crippen molar-refractivity contribution >= 4 is 44.0 Å². The lowest BCUT2D eigenvalue weighted by atomic mass is 9.79. The summed E-state index contributed by atoms with van der Waals surface area (Å²) in [6, 6.07) is 6.01. The summed E-state index contributed by atoms with van der Waals surface area (Å²) in [6.45, 7) is 10.6. The van der Waals surface area contributed by atoms with Gasteiger partial charge in [0, 0.05) is 17.1 Å². The molecule has 164 valence electrons. The van der Waals surface area contributed by atoms with Gasteiger partial charge in [-0.2, -0.15) is 0 Å². The Balaban J connectivity index is 1.64. The number of piperidine rings is 1. The molecule has 3 aromatic rings. The van der Waals surface area contributed by atoms with Crippen LogP contribution in [-0.4, -0.2) is 37.0 Å². The highest BCUT2D eigenvalue weighted by molar-refractivity contribution is 7.22. The summed E-state index contributed by atoms with van der Waals surface area (Å²) < 4.78 is 1.01. The minimum atomic E-state index is -0.445. The lowest BCUT2D eigenvalue weighted by molar-refractivity contribution is -0.383. The molecule has 0 spiro atoms. The van der Waals surface area contributed by atoms with Crippen molar-refractivity contribution in [1.29, 1.82) is 0 Å². The Morgan fingerprint density at radius 3 is 2.52 bits per heavy atom. The van der Waals surface area contributed by atoms with Crippen LogP contribution in [0.2, 0.25) is 0 Å². The van der Waals surface area contributed by atoms with Gasteiger partial charge >= 0.3 is 5.69 Å². The first kappa shape index (κ1) is 21.4. The molecule has 1 saturated heterocycles. The second kappa shape index (κ2) is 7.69. The number of aromatic nitrogens is 3. The van der Waals surface area contributed by atoms with Crippen LogP contribution < -0.4 is 16.0 Å². The van der Waals surface area contributed by atoms with Crippen LogP contribution in [0.15, 0.2) is 24.5 Å². The largest absolute Gasteiger partial charge is 0.361 e. The van der Waals surface area contributed by atoms with Crippen LogP contribution >= 0.6 is 11.3 Å². The Hall–Kier alpha value is -2.85. The van der Waals surface area contributed by atoms with E-state index in [-0.39, 0.29) is 34.4 Å². The molecule has 1 aliphatic rings. The van der Waals surface area contributed by atoms with Crippen molar-refractivity contribution in [1.82, 2.24) is 20.3 Å². The van der Waals surface area contributed by atoms with Crippen LogP contribution in [0.25, 0.3) is 10.2 Å². The van der Waals surface area contributed by atoms with Crippen LogP contribution in [0.4, 0.5) is 22.5 Å². The number of benzene rings is 1. The van der Waals surface area contributed by atoms with E-state index in [0.29, 0.717) is 5.13 Å². The molecule has 0 amide bonds. The van der Waals surface area contributed by atoms with E-state index in [0.717, 1.165) is 28.6 Å². The zero-order valence-corrected chi connectivity index (χ0v) is 19.1. The zero-order valence-electron chi connectivity index (χ0n) is 18.3. The zero-order chi connectivity index (χ0) is 22.4. The van der Waals surface area contributed by atoms with E-state index in [1.807, 2.05) is 25.1 Å². The van der Waals surface area contributed by atoms with Crippen molar-refractivity contribution in [3.05, 3.63) is 40.2 Å². The maximum absolute atomic E-state index is 12.0. The van der Waals surface area contributed by atoms with Gasteiger partial charge in [0.05, 0.1) is 15.1 Å². The van der Waals surface area contributed by atoms with Gasteiger partial charge < -0.3 is 16.0 Å². The monoisotopic (exact) mass is 441 g/mol. The summed E-state index contributed by atoms with van der Waals surface area (Å²) in [5.74, 6) is 0.351. The quantitative estimate of drug-likeness (QED) is 0.383. The van der Waals surface area contributed by atoms with Crippen LogP contribution in [0.5, 0.6) is 0 Å². The van der Waals surface area contributed by atoms with E-state index in [9.17, 15) is 10.1 Å². The van der Waals surface area contributed by atoms with Crippen molar-refractivity contribution in [2.24, 2.45) is 0 Å². The number of hydrogen-bond donors (Lipinski definition) is 3. The first-order valence-electron chi connectivity index (χ1n) is 10.2. The summed E-state index contributed by atoms with van der Waals surface area (Å²) >= 11 is 1.43. The van der Waals surface area contributed by atoms with Gasteiger partial charge in [0.2, 0.25) is 11.6 Å². The van der Waals surface area contributed by atoms with Gasteiger partial charge in [-0.05, 0) is 65.2 Å². The second-order valence-corrected chi connectivity index (χ2v) is 10.5. The molecule has 3 N–H and O–H groups in total. The van der Waals surface area contributed by atoms with Crippen LogP contribution in [0, 0.1) is 17.0 Å². The van der Waals surface area contributed by atoms with Gasteiger partial charge in [0.25, 0.3) is 0 Å². The summed E-state index contributed by atoms with van der Waals surface area (Å²) in [6.07, 6.45) is 2.97. The maximum Gasteiger partial charge on any atom is 0.353 e. The van der Waals surface area contributed by atoms with Crippen molar-refractivity contribution < 1.29 is 4.92 Å². The smallest absolute Gasteiger partial charge is 0.353 e. The number of aryl methyl sites for hydroxylation is 1. The summed E-state index contributed by atoms with van der Waals surface area (Å²) in [5.41, 5.74) is 1.61. The van der Waals surface area contributed by atoms with Crippen molar-refractivity contribution in [2.75, 3.05) is 10.6 Å². The van der Waals surface area contributed by atoms with E-state index < -0.39 is 4.92 Å². The molecule has 31 heavy (non-hydrogen) atoms. The fourth-order valence-electron chi connectivity index (χ4n) is 4.55. The van der Waals surface area contributed by atoms with E-state index in [4.69, 9.17) is 0 Å². The van der Waals surface area contributed by atoms with E-state index in [1.165, 1.54) is 17.7 Å². The predicted molar refractivity (Wildman–Crippen MR) is 124 cm³/mol. The van der Waals surface area contributed by atoms with Crippen LogP contribution in [-0.2, 0) is 0 Å². The Labute approximate surface area is 184 Å². The van der Waals surface area contributed by atoms with Crippen molar-refractivity contribution in [3.8, 4) is 0 Å². The lowest BCUT2D eigenvalue weighted by Crippen LogP contribution is -2.60. The summed E-state index contributed by atoms with van der Waals surface area (Å²) in [5, 5.41) is 22.5. The van der Waals surface area contributed by atoms with Gasteiger partial charge in [0.15, 0.2) is 5.13 Å². The number of anilines is 3. The third kappa shape index (κ3) is 4.75. The topological polar surface area (TPSA) is 118 Å². The van der Waals surface area contributed by atoms with Crippen LogP contribution in [0.3, 0.4) is 0 Å². The Bertz CT molecular complexity index is 1130. The molecule has 9 nitrogen and oxygen atoms in total. The van der Waals surface area contributed by atoms with Gasteiger partial charge in [-0.25, -0.2) is 15.0 Å². The fraction of sp³-hybridized carbons (Fsp3) is 0.476. The molecule has 0 saturated carbocycles. The predicted octanol–water partition coefficient (Wildman–Crippen LogP) is 4.77. The Morgan fingerprint density at radius 1 is 1.16 bits per heavy atom. The summed E-state index contributed by atoms with van der Waals surface area (Å²) in [7, 11) is 0. The maximum atomic E-state index is 12.0. The number of nitrogens with one attached hydrogen (secondary N) is 3. The van der Waals surface area contributed by atoms with Gasteiger partial charge in [0.1, 0.15) is 6.33 Å². The summed E-state index contributed by atoms with van der Waals surface area (Å²) in [4.78, 5) is 24.4. The molecule has 0 unspecified atom stereocenters. The second-order valence-electron chi connectivity index (χ2n) is 9.43. The molecule has 2 aromatic heterocycles. The van der Waals surface area contributed by atoms with Crippen LogP contribution in [0.1, 0.15) is 46.1 Å². The normalized spacial score (nSPS) is 18.1. The molecule has 1 aromatic carbocycles. The number of nitrogens with zero attached hydrogens (tertiary/aromatic N) is 4. The highest BCUT2D eigenvalue weighted by Gasteiger charge is 2.38. The molecule has 1 fully saturated rings. The molecular formula is C21H27N7O2S. The van der Waals surface area contributed by atoms with Gasteiger partial charge in [-0.3, -0.25) is 10.1 Å². The highest BCUT2D eigenvalue weighted by atomic mass is 32.1. The number of rotatable bonds is 5. The Morgan fingerprint density at radius 2 is 1.84 bits per heavy atom. The molecule has 0 bridgehead atoms. The molecule has 0 radical (unpaired) electrons. The Kier molecular flexibility index (Phi) is 5.30. The average Bonchev–Trinajstić information content (AvgIpc) is 3.00. The fourth-order valence-corrected chi connectivity index (χ4v) is 5.52. The standard InChI is InChI=1S/C21H27N7O2S/c1-12-6-7-14-15(8-12)31-19(25-14)26-18-16(28(29)30)17(22-11-23-18)24-13-9-20(2,3)27-21(4,5)10-13/h6-8,11,13,27H,9-10H2,1-5H3,(H2,22,23,24,25,26). The highest BCUT2D eigenvalue weighted by Crippen LogP contribution is 2.36. The van der Waals surface area contributed by atoms with E-state index in [1.54, 1.807) is 0 Å². The molecule has 3 heterocycles. The molecule has 1 aliphatic heterocycles. The first-order valence-corrected chi connectivity index (χ1v) is 11.0. The van der Waals surface area contributed by atoms with Crippen molar-refractivity contribution in [2.45, 2.75) is 64.6 Å². The third-order valence-electron chi connectivity index (χ3n) is 5.31. The number of nitro groups is 1. The van der Waals surface area contributed by atoms with Crippen molar-refractivity contribution in [3.63, 3.8) is 0 Å². The number of fused-ring (bicyclic) bond motifs is 1. The molecule has 4 rings (SSSR count). The number of thiazole rings is 1. The minimum absolute atomic E-state index is 0.0399. The minimum Gasteiger partial charge on any atom is -0.361 e. The molecule has 0 atom stereocenters.